The zero-order valence-corrected chi connectivity index (χ0v) is 12.0. The summed E-state index contributed by atoms with van der Waals surface area (Å²) in [4.78, 5) is 17.1. The minimum absolute atomic E-state index is 0.0433. The van der Waals surface area contributed by atoms with Gasteiger partial charge >= 0.3 is 0 Å². The third kappa shape index (κ3) is 2.94. The minimum Gasteiger partial charge on any atom is -0.337 e. The molecule has 0 saturated heterocycles. The van der Waals surface area contributed by atoms with E-state index < -0.39 is 5.82 Å². The van der Waals surface area contributed by atoms with Crippen LogP contribution >= 0.6 is 27.3 Å². The van der Waals surface area contributed by atoms with E-state index in [1.54, 1.807) is 18.4 Å². The third-order valence-corrected chi connectivity index (χ3v) is 3.94. The molecule has 0 radical (unpaired) electrons. The second-order valence-corrected chi connectivity index (χ2v) is 6.07. The lowest BCUT2D eigenvalue weighted by Gasteiger charge is -2.16. The molecular formula is C12H10BrFN2OS. The van der Waals surface area contributed by atoms with Gasteiger partial charge in [0.1, 0.15) is 0 Å². The Morgan fingerprint density at radius 2 is 2.39 bits per heavy atom. The van der Waals surface area contributed by atoms with Gasteiger partial charge in [0.25, 0.3) is 5.91 Å². The topological polar surface area (TPSA) is 33.2 Å². The van der Waals surface area contributed by atoms with Crippen molar-refractivity contribution in [1.29, 1.82) is 0 Å². The van der Waals surface area contributed by atoms with Crippen LogP contribution in [0.3, 0.4) is 0 Å². The number of rotatable bonds is 3. The molecule has 0 N–H and O–H groups in total. The highest BCUT2D eigenvalue weighted by Crippen LogP contribution is 2.22. The van der Waals surface area contributed by atoms with E-state index in [9.17, 15) is 9.18 Å². The van der Waals surface area contributed by atoms with Crippen LogP contribution in [-0.4, -0.2) is 22.8 Å². The van der Waals surface area contributed by atoms with Crippen molar-refractivity contribution >= 4 is 33.2 Å². The molecule has 0 aliphatic rings. The predicted octanol–water partition coefficient (Wildman–Crippen LogP) is 3.32. The molecule has 0 aliphatic carbocycles. The van der Waals surface area contributed by atoms with Gasteiger partial charge in [-0.2, -0.15) is 0 Å². The van der Waals surface area contributed by atoms with Crippen LogP contribution in [0.5, 0.6) is 0 Å². The minimum atomic E-state index is -0.596. The van der Waals surface area contributed by atoms with E-state index in [2.05, 4.69) is 20.9 Å². The maximum atomic E-state index is 13.4. The zero-order valence-electron chi connectivity index (χ0n) is 9.56. The number of carbonyl (C=O) groups is 1. The number of pyridine rings is 1. The van der Waals surface area contributed by atoms with Crippen LogP contribution in [0, 0.1) is 5.82 Å². The van der Waals surface area contributed by atoms with Crippen molar-refractivity contribution in [3.63, 3.8) is 0 Å². The molecule has 0 spiro atoms. The average molecular weight is 329 g/mol. The molecule has 1 amide bonds. The number of hydrogen-bond donors (Lipinski definition) is 0. The van der Waals surface area contributed by atoms with E-state index in [1.165, 1.54) is 17.2 Å². The molecule has 0 atom stereocenters. The summed E-state index contributed by atoms with van der Waals surface area (Å²) in [6.07, 6.45) is 2.45. The Morgan fingerprint density at radius 3 is 3.00 bits per heavy atom. The van der Waals surface area contributed by atoms with Crippen LogP contribution in [-0.2, 0) is 6.54 Å². The lowest BCUT2D eigenvalue weighted by molar-refractivity contribution is 0.0780. The van der Waals surface area contributed by atoms with Crippen LogP contribution in [0.2, 0.25) is 0 Å². The molecule has 0 fully saturated rings. The molecule has 0 bridgehead atoms. The van der Waals surface area contributed by atoms with Crippen LogP contribution in [0.25, 0.3) is 0 Å². The van der Waals surface area contributed by atoms with E-state index in [0.717, 1.165) is 15.5 Å². The predicted molar refractivity (Wildman–Crippen MR) is 72.0 cm³/mol. The first-order valence-electron chi connectivity index (χ1n) is 5.16. The van der Waals surface area contributed by atoms with Crippen LogP contribution in [0.15, 0.2) is 33.7 Å². The number of nitrogens with zero attached hydrogens (tertiary/aromatic N) is 2. The smallest absolute Gasteiger partial charge is 0.256 e. The fraction of sp³-hybridized carbons (Fsp3) is 0.167. The van der Waals surface area contributed by atoms with E-state index in [0.29, 0.717) is 6.54 Å². The van der Waals surface area contributed by atoms with Gasteiger partial charge in [0.2, 0.25) is 0 Å². The molecule has 6 heteroatoms. The Balaban J connectivity index is 2.12. The number of hydrogen-bond acceptors (Lipinski definition) is 3. The van der Waals surface area contributed by atoms with Gasteiger partial charge in [-0.1, -0.05) is 0 Å². The van der Waals surface area contributed by atoms with Crippen LogP contribution in [0.4, 0.5) is 4.39 Å². The second kappa shape index (κ2) is 5.58. The Hall–Kier alpha value is -1.27. The summed E-state index contributed by atoms with van der Waals surface area (Å²) in [5, 5.41) is 1.96. The second-order valence-electron chi connectivity index (χ2n) is 3.78. The molecule has 3 nitrogen and oxygen atoms in total. The first-order valence-corrected chi connectivity index (χ1v) is 6.83. The quantitative estimate of drug-likeness (QED) is 0.865. The van der Waals surface area contributed by atoms with Crippen molar-refractivity contribution in [2.24, 2.45) is 0 Å². The molecule has 0 aliphatic heterocycles. The van der Waals surface area contributed by atoms with E-state index in [4.69, 9.17) is 0 Å². The summed E-state index contributed by atoms with van der Waals surface area (Å²) < 4.78 is 14.4. The standard InChI is InChI=1S/C12H10BrFN2OS/c1-16(6-8-4-11(13)18-7-8)12(17)9-2-3-15-5-10(9)14/h2-5,7H,6H2,1H3. The van der Waals surface area contributed by atoms with Crippen molar-refractivity contribution < 1.29 is 9.18 Å². The van der Waals surface area contributed by atoms with Crippen LogP contribution in [0.1, 0.15) is 15.9 Å². The molecule has 0 saturated carbocycles. The highest BCUT2D eigenvalue weighted by atomic mass is 79.9. The lowest BCUT2D eigenvalue weighted by atomic mass is 10.2. The highest BCUT2D eigenvalue weighted by molar-refractivity contribution is 9.11. The molecule has 18 heavy (non-hydrogen) atoms. The first-order chi connectivity index (χ1) is 8.58. The van der Waals surface area contributed by atoms with Crippen molar-refractivity contribution in [3.8, 4) is 0 Å². The molecule has 2 aromatic rings. The van der Waals surface area contributed by atoms with Crippen LogP contribution < -0.4 is 0 Å². The molecule has 0 unspecified atom stereocenters. The van der Waals surface area contributed by atoms with Gasteiger partial charge in [-0.25, -0.2) is 4.39 Å². The van der Waals surface area contributed by atoms with Gasteiger partial charge in [0, 0.05) is 19.8 Å². The number of amides is 1. The summed E-state index contributed by atoms with van der Waals surface area (Å²) >= 11 is 4.91. The molecule has 2 aromatic heterocycles. The number of halogens is 2. The van der Waals surface area contributed by atoms with Crippen molar-refractivity contribution in [3.05, 3.63) is 50.6 Å². The SMILES string of the molecule is CN(Cc1csc(Br)c1)C(=O)c1ccncc1F. The summed E-state index contributed by atoms with van der Waals surface area (Å²) in [5.74, 6) is -0.946. The number of thiophene rings is 1. The average Bonchev–Trinajstić information content (AvgIpc) is 2.74. The fourth-order valence-corrected chi connectivity index (χ4v) is 2.73. The molecule has 0 aromatic carbocycles. The van der Waals surface area contributed by atoms with Crippen molar-refractivity contribution in [1.82, 2.24) is 9.88 Å². The summed E-state index contributed by atoms with van der Waals surface area (Å²) in [6.45, 7) is 0.447. The molecular weight excluding hydrogens is 319 g/mol. The van der Waals surface area contributed by atoms with Gasteiger partial charge in [-0.3, -0.25) is 9.78 Å². The Morgan fingerprint density at radius 1 is 1.61 bits per heavy atom. The van der Waals surface area contributed by atoms with Gasteiger partial charge in [-0.05, 0) is 39.0 Å². The Labute approximate surface area is 116 Å². The maximum Gasteiger partial charge on any atom is 0.256 e. The van der Waals surface area contributed by atoms with E-state index in [1.807, 2.05) is 11.4 Å². The van der Waals surface area contributed by atoms with Crippen molar-refractivity contribution in [2.75, 3.05) is 7.05 Å². The van der Waals surface area contributed by atoms with E-state index >= 15 is 0 Å². The number of carbonyl (C=O) groups excluding carboxylic acids is 1. The molecule has 2 heterocycles. The lowest BCUT2D eigenvalue weighted by Crippen LogP contribution is -2.26. The van der Waals surface area contributed by atoms with Crippen molar-refractivity contribution in [2.45, 2.75) is 6.54 Å². The fourth-order valence-electron chi connectivity index (χ4n) is 1.53. The van der Waals surface area contributed by atoms with E-state index in [-0.39, 0.29) is 11.5 Å². The molecule has 94 valence electrons. The summed E-state index contributed by atoms with van der Waals surface area (Å²) in [5.41, 5.74) is 1.05. The summed E-state index contributed by atoms with van der Waals surface area (Å²) in [7, 11) is 1.65. The van der Waals surface area contributed by atoms with Gasteiger partial charge in [-0.15, -0.1) is 11.3 Å². The third-order valence-electron chi connectivity index (χ3n) is 2.39. The maximum absolute atomic E-state index is 13.4. The van der Waals surface area contributed by atoms with Gasteiger partial charge in [0.05, 0.1) is 15.5 Å². The monoisotopic (exact) mass is 328 g/mol. The Bertz CT molecular complexity index is 573. The summed E-state index contributed by atoms with van der Waals surface area (Å²) in [6, 6.07) is 3.33. The van der Waals surface area contributed by atoms with Gasteiger partial charge < -0.3 is 4.90 Å². The largest absolute Gasteiger partial charge is 0.337 e. The zero-order chi connectivity index (χ0) is 13.1. The van der Waals surface area contributed by atoms with Gasteiger partial charge in [0.15, 0.2) is 5.82 Å². The first kappa shape index (κ1) is 13.2. The Kier molecular flexibility index (Phi) is 4.08. The molecule has 2 rings (SSSR count). The normalized spacial score (nSPS) is 10.4. The highest BCUT2D eigenvalue weighted by Gasteiger charge is 2.16. The number of aromatic nitrogens is 1.